The maximum Gasteiger partial charge on any atom is 0.291 e. The normalized spacial score (nSPS) is 21.5. The summed E-state index contributed by atoms with van der Waals surface area (Å²) in [6, 6.07) is 3.45. The minimum absolute atomic E-state index is 0. The van der Waals surface area contributed by atoms with E-state index in [1.807, 2.05) is 4.90 Å². The van der Waals surface area contributed by atoms with Crippen LogP contribution in [0.2, 0.25) is 0 Å². The van der Waals surface area contributed by atoms with Crippen LogP contribution >= 0.6 is 28.3 Å². The summed E-state index contributed by atoms with van der Waals surface area (Å²) in [4.78, 5) is 16.8. The summed E-state index contributed by atoms with van der Waals surface area (Å²) in [5, 5.41) is 0. The van der Waals surface area contributed by atoms with Gasteiger partial charge in [0.2, 0.25) is 0 Å². The van der Waals surface area contributed by atoms with Crippen LogP contribution in [0.5, 0.6) is 0 Å². The van der Waals surface area contributed by atoms with Crippen LogP contribution in [0.3, 0.4) is 0 Å². The quantitative estimate of drug-likeness (QED) is 0.793. The Hall–Kier alpha value is -0.560. The van der Waals surface area contributed by atoms with E-state index in [2.05, 4.69) is 27.8 Å². The van der Waals surface area contributed by atoms with E-state index < -0.39 is 5.72 Å². The fraction of sp³-hybridized carbons (Fsp3) is 0.643. The fourth-order valence-electron chi connectivity index (χ4n) is 3.09. The lowest BCUT2D eigenvalue weighted by Crippen LogP contribution is -2.54. The van der Waals surface area contributed by atoms with Crippen LogP contribution in [0.15, 0.2) is 21.2 Å². The molecule has 0 atom stereocenters. The van der Waals surface area contributed by atoms with Crippen molar-refractivity contribution in [3.05, 3.63) is 22.6 Å². The fourth-order valence-corrected chi connectivity index (χ4v) is 3.40. The van der Waals surface area contributed by atoms with Crippen molar-refractivity contribution in [1.82, 2.24) is 9.80 Å². The third kappa shape index (κ3) is 3.13. The van der Waals surface area contributed by atoms with Gasteiger partial charge in [-0.25, -0.2) is 0 Å². The van der Waals surface area contributed by atoms with Crippen molar-refractivity contribution in [3.63, 3.8) is 0 Å². The summed E-state index contributed by atoms with van der Waals surface area (Å²) >= 11 is 3.24. The molecule has 5 nitrogen and oxygen atoms in total. The highest BCUT2D eigenvalue weighted by molar-refractivity contribution is 9.10. The monoisotopic (exact) mass is 378 g/mol. The summed E-state index contributed by atoms with van der Waals surface area (Å²) in [5.41, 5.74) is -0.429. The van der Waals surface area contributed by atoms with Gasteiger partial charge in [0.25, 0.3) is 5.91 Å². The van der Waals surface area contributed by atoms with Crippen LogP contribution in [0.25, 0.3) is 0 Å². The van der Waals surface area contributed by atoms with Gasteiger partial charge >= 0.3 is 0 Å². The molecule has 21 heavy (non-hydrogen) atoms. The van der Waals surface area contributed by atoms with E-state index in [0.29, 0.717) is 23.6 Å². The van der Waals surface area contributed by atoms with Gasteiger partial charge in [-0.15, -0.1) is 12.4 Å². The first kappa shape index (κ1) is 16.8. The van der Waals surface area contributed by atoms with Gasteiger partial charge in [-0.3, -0.25) is 4.79 Å². The van der Waals surface area contributed by atoms with E-state index in [9.17, 15) is 4.79 Å². The number of carbonyl (C=O) groups is 1. The summed E-state index contributed by atoms with van der Waals surface area (Å²) in [6.45, 7) is 6.42. The van der Waals surface area contributed by atoms with E-state index in [1.54, 1.807) is 12.1 Å². The molecule has 118 valence electrons. The molecule has 1 spiro atoms. The van der Waals surface area contributed by atoms with Gasteiger partial charge in [-0.1, -0.05) is 6.92 Å². The first-order valence-corrected chi connectivity index (χ1v) is 7.87. The maximum atomic E-state index is 12.6. The summed E-state index contributed by atoms with van der Waals surface area (Å²) < 4.78 is 11.9. The Morgan fingerprint density at radius 2 is 2.05 bits per heavy atom. The number of rotatable bonds is 2. The summed E-state index contributed by atoms with van der Waals surface area (Å²) in [7, 11) is 0. The first-order chi connectivity index (χ1) is 9.64. The summed E-state index contributed by atoms with van der Waals surface area (Å²) in [5.74, 6) is 0.304. The average molecular weight is 380 g/mol. The predicted octanol–water partition coefficient (Wildman–Crippen LogP) is 2.75. The van der Waals surface area contributed by atoms with Crippen LogP contribution in [0.4, 0.5) is 0 Å². The molecule has 1 aromatic heterocycles. The molecule has 2 aliphatic rings. The Balaban J connectivity index is 0.00000161. The molecule has 0 bridgehead atoms. The van der Waals surface area contributed by atoms with Gasteiger partial charge in [0, 0.05) is 32.5 Å². The van der Waals surface area contributed by atoms with Crippen LogP contribution < -0.4 is 0 Å². The number of likely N-dealkylation sites (tertiary alicyclic amines) is 1. The van der Waals surface area contributed by atoms with Gasteiger partial charge in [0.15, 0.2) is 10.4 Å². The molecule has 2 saturated heterocycles. The Kier molecular flexibility index (Phi) is 5.35. The van der Waals surface area contributed by atoms with Gasteiger partial charge in [0.05, 0.1) is 6.61 Å². The lowest BCUT2D eigenvalue weighted by atomic mass is 9.98. The van der Waals surface area contributed by atoms with E-state index >= 15 is 0 Å². The van der Waals surface area contributed by atoms with Gasteiger partial charge in [-0.2, -0.15) is 0 Å². The molecule has 3 heterocycles. The largest absolute Gasteiger partial charge is 0.444 e. The Morgan fingerprint density at radius 3 is 2.62 bits per heavy atom. The third-order valence-corrected chi connectivity index (χ3v) is 4.72. The smallest absolute Gasteiger partial charge is 0.291 e. The highest BCUT2D eigenvalue weighted by Crippen LogP contribution is 2.35. The Morgan fingerprint density at radius 1 is 1.33 bits per heavy atom. The molecular weight excluding hydrogens is 360 g/mol. The molecule has 7 heteroatoms. The molecule has 1 amide bonds. The van der Waals surface area contributed by atoms with Crippen molar-refractivity contribution in [2.24, 2.45) is 0 Å². The zero-order valence-corrected chi connectivity index (χ0v) is 14.4. The van der Waals surface area contributed by atoms with Crippen LogP contribution in [-0.2, 0) is 4.74 Å². The van der Waals surface area contributed by atoms with Gasteiger partial charge in [0.1, 0.15) is 5.72 Å². The zero-order chi connectivity index (χ0) is 14.2. The molecular formula is C14H20BrClN2O3. The highest BCUT2D eigenvalue weighted by atomic mass is 79.9. The minimum Gasteiger partial charge on any atom is -0.444 e. The van der Waals surface area contributed by atoms with E-state index in [-0.39, 0.29) is 18.3 Å². The highest BCUT2D eigenvalue weighted by Gasteiger charge is 2.47. The number of hydrogen-bond donors (Lipinski definition) is 0. The topological polar surface area (TPSA) is 45.9 Å². The van der Waals surface area contributed by atoms with Crippen LogP contribution in [-0.4, -0.2) is 54.2 Å². The van der Waals surface area contributed by atoms with Crippen molar-refractivity contribution in [2.45, 2.75) is 25.5 Å². The van der Waals surface area contributed by atoms with Crippen molar-refractivity contribution in [1.29, 1.82) is 0 Å². The number of furan rings is 1. The number of hydrogen-bond acceptors (Lipinski definition) is 4. The minimum atomic E-state index is -0.429. The SMILES string of the molecule is CCN1CCC2(CC1)OCCN2C(=O)c1ccc(Br)o1.Cl. The lowest BCUT2D eigenvalue weighted by molar-refractivity contribution is -0.105. The number of amides is 1. The molecule has 0 unspecified atom stereocenters. The maximum absolute atomic E-state index is 12.6. The number of carbonyl (C=O) groups excluding carboxylic acids is 1. The molecule has 0 saturated carbocycles. The third-order valence-electron chi connectivity index (χ3n) is 4.29. The predicted molar refractivity (Wildman–Crippen MR) is 84.7 cm³/mol. The van der Waals surface area contributed by atoms with E-state index in [4.69, 9.17) is 9.15 Å². The number of nitrogens with zero attached hydrogens (tertiary/aromatic N) is 2. The Bertz CT molecular complexity index is 500. The van der Waals surface area contributed by atoms with Gasteiger partial charge < -0.3 is 19.0 Å². The number of halogens is 2. The van der Waals surface area contributed by atoms with E-state index in [0.717, 1.165) is 32.5 Å². The molecule has 3 rings (SSSR count). The van der Waals surface area contributed by atoms with Crippen molar-refractivity contribution in [2.75, 3.05) is 32.8 Å². The van der Waals surface area contributed by atoms with Crippen LogP contribution in [0, 0.1) is 0 Å². The molecule has 0 aromatic carbocycles. The number of piperidine rings is 1. The van der Waals surface area contributed by atoms with Crippen molar-refractivity contribution < 1.29 is 13.9 Å². The standard InChI is InChI=1S/C14H19BrN2O3.ClH/c1-2-16-7-5-14(6-8-16)17(9-10-19-14)13(18)11-3-4-12(15)20-11;/h3-4H,2,5-10H2,1H3;1H. The molecule has 0 aliphatic carbocycles. The summed E-state index contributed by atoms with van der Waals surface area (Å²) in [6.07, 6.45) is 1.74. The second-order valence-corrected chi connectivity index (χ2v) is 6.07. The first-order valence-electron chi connectivity index (χ1n) is 7.08. The molecule has 0 radical (unpaired) electrons. The van der Waals surface area contributed by atoms with Gasteiger partial charge in [-0.05, 0) is 34.6 Å². The number of ether oxygens (including phenoxy) is 1. The van der Waals surface area contributed by atoms with E-state index in [1.165, 1.54) is 0 Å². The second kappa shape index (κ2) is 6.69. The molecule has 1 aromatic rings. The Labute approximate surface area is 139 Å². The van der Waals surface area contributed by atoms with Crippen molar-refractivity contribution >= 4 is 34.2 Å². The molecule has 2 aliphatic heterocycles. The van der Waals surface area contributed by atoms with Crippen LogP contribution in [0.1, 0.15) is 30.3 Å². The lowest BCUT2D eigenvalue weighted by Gasteiger charge is -2.43. The second-order valence-electron chi connectivity index (χ2n) is 5.29. The average Bonchev–Trinajstić information content (AvgIpc) is 3.06. The molecule has 2 fully saturated rings. The zero-order valence-electron chi connectivity index (χ0n) is 12.0. The van der Waals surface area contributed by atoms with Crippen molar-refractivity contribution in [3.8, 4) is 0 Å². The molecule has 0 N–H and O–H groups in total.